The molecule has 0 rings (SSSR count). The van der Waals surface area contributed by atoms with Crippen LogP contribution >= 0.6 is 0 Å². The van der Waals surface area contributed by atoms with Crippen LogP contribution in [0.2, 0.25) is 18.1 Å². The van der Waals surface area contributed by atoms with Gasteiger partial charge in [-0.25, -0.2) is 4.79 Å². The van der Waals surface area contributed by atoms with Gasteiger partial charge in [0, 0.05) is 6.92 Å². The second-order valence-corrected chi connectivity index (χ2v) is 9.94. The van der Waals surface area contributed by atoms with Gasteiger partial charge in [0.15, 0.2) is 0 Å². The molecule has 0 N–H and O–H groups in total. The molecule has 0 atom stereocenters. The smallest absolute Gasteiger partial charge is 0.462 e. The van der Waals surface area contributed by atoms with Gasteiger partial charge < -0.3 is 14.2 Å². The Balaban J connectivity index is 4.99. The van der Waals surface area contributed by atoms with Crippen LogP contribution in [0, 0.1) is 0 Å². The predicted octanol–water partition coefficient (Wildman–Crippen LogP) is 3.31. The minimum Gasteiger partial charge on any atom is -0.462 e. The quantitative estimate of drug-likeness (QED) is 0.508. The molecule has 0 radical (unpaired) electrons. The first-order chi connectivity index (χ1) is 9.45. The maximum atomic E-state index is 11.0. The van der Waals surface area contributed by atoms with Gasteiger partial charge in [-0.1, -0.05) is 38.9 Å². The zero-order valence-electron chi connectivity index (χ0n) is 13.2. The lowest BCUT2D eigenvalue weighted by atomic mass is 10.5. The normalized spacial score (nSPS) is 11.9. The van der Waals surface area contributed by atoms with Gasteiger partial charge in [-0.15, -0.1) is 0 Å². The van der Waals surface area contributed by atoms with Gasteiger partial charge in [0.1, 0.15) is 13.2 Å². The highest BCUT2D eigenvalue weighted by Gasteiger charge is 2.31. The Kier molecular flexibility index (Phi) is 8.95. The van der Waals surface area contributed by atoms with Crippen molar-refractivity contribution in [3.63, 3.8) is 0 Å². The average Bonchev–Trinajstić information content (AvgIpc) is 2.45. The molecule has 0 aromatic carbocycles. The van der Waals surface area contributed by atoms with Crippen molar-refractivity contribution >= 4 is 20.2 Å². The predicted molar refractivity (Wildman–Crippen MR) is 80.3 cm³/mol. The van der Waals surface area contributed by atoms with E-state index in [-0.39, 0.29) is 12.6 Å². The second-order valence-electron chi connectivity index (χ2n) is 4.62. The van der Waals surface area contributed by atoms with Crippen LogP contribution < -0.4 is 0 Å². The number of rotatable bonds is 8. The number of carbonyl (C=O) groups excluding carboxylic acids is 2. The van der Waals surface area contributed by atoms with Crippen LogP contribution in [0.25, 0.3) is 0 Å². The number of carbonyl (C=O) groups is 2. The maximum Gasteiger partial charge on any atom is 0.508 e. The van der Waals surface area contributed by atoms with Crippen LogP contribution in [0.1, 0.15) is 27.7 Å². The second kappa shape index (κ2) is 9.58. The van der Waals surface area contributed by atoms with Crippen LogP contribution in [-0.4, -0.2) is 40.5 Å². The molecule has 116 valence electrons. The lowest BCUT2D eigenvalue weighted by molar-refractivity contribution is -0.139. The monoisotopic (exact) mass is 302 g/mol. The number of esters is 1. The standard InChI is InChI=1S/C14H26O5Si/c1-6-20(7-2,8-3)13(11-19-12(4)15)9-10-18-14(16)17-5/h9H,6-8,10-11H2,1-5H3/b13-9-. The van der Waals surface area contributed by atoms with Gasteiger partial charge in [0.25, 0.3) is 0 Å². The van der Waals surface area contributed by atoms with Crippen LogP contribution in [0.4, 0.5) is 4.79 Å². The number of hydrogen-bond acceptors (Lipinski definition) is 5. The summed E-state index contributed by atoms with van der Waals surface area (Å²) in [6.07, 6.45) is 1.17. The van der Waals surface area contributed by atoms with Crippen molar-refractivity contribution in [3.8, 4) is 0 Å². The van der Waals surface area contributed by atoms with E-state index in [0.29, 0.717) is 6.61 Å². The number of methoxy groups -OCH3 is 1. The first-order valence-electron chi connectivity index (χ1n) is 6.99. The molecule has 0 amide bonds. The lowest BCUT2D eigenvalue weighted by Crippen LogP contribution is -2.37. The van der Waals surface area contributed by atoms with E-state index in [0.717, 1.165) is 23.3 Å². The van der Waals surface area contributed by atoms with E-state index in [1.165, 1.54) is 14.0 Å². The molecule has 0 unspecified atom stereocenters. The Bertz CT molecular complexity index is 339. The number of hydrogen-bond donors (Lipinski definition) is 0. The van der Waals surface area contributed by atoms with E-state index in [4.69, 9.17) is 9.47 Å². The third-order valence-electron chi connectivity index (χ3n) is 3.84. The van der Waals surface area contributed by atoms with Gasteiger partial charge >= 0.3 is 12.1 Å². The first kappa shape index (κ1) is 18.7. The highest BCUT2D eigenvalue weighted by Crippen LogP contribution is 2.28. The van der Waals surface area contributed by atoms with Gasteiger partial charge in [-0.2, -0.15) is 0 Å². The summed E-state index contributed by atoms with van der Waals surface area (Å²) in [5.74, 6) is -0.295. The zero-order valence-corrected chi connectivity index (χ0v) is 14.2. The summed E-state index contributed by atoms with van der Waals surface area (Å²) in [6, 6.07) is 3.22. The van der Waals surface area contributed by atoms with E-state index in [1.807, 2.05) is 6.08 Å². The molecule has 0 bridgehead atoms. The van der Waals surface area contributed by atoms with Crippen molar-refractivity contribution in [1.29, 1.82) is 0 Å². The molecule has 0 spiro atoms. The van der Waals surface area contributed by atoms with Crippen molar-refractivity contribution < 1.29 is 23.8 Å². The molecule has 6 heteroatoms. The molecule has 0 aliphatic rings. The fourth-order valence-electron chi connectivity index (χ4n) is 2.31. The summed E-state index contributed by atoms with van der Waals surface area (Å²) >= 11 is 0. The topological polar surface area (TPSA) is 61.8 Å². The lowest BCUT2D eigenvalue weighted by Gasteiger charge is -2.31. The highest BCUT2D eigenvalue weighted by molar-refractivity contribution is 6.86. The summed E-state index contributed by atoms with van der Waals surface area (Å²) in [4.78, 5) is 22.0. The van der Waals surface area contributed by atoms with E-state index >= 15 is 0 Å². The van der Waals surface area contributed by atoms with Crippen molar-refractivity contribution in [1.82, 2.24) is 0 Å². The molecule has 0 aliphatic heterocycles. The molecule has 0 aromatic rings. The number of ether oxygens (including phenoxy) is 3. The Morgan fingerprint density at radius 3 is 2.00 bits per heavy atom. The van der Waals surface area contributed by atoms with Crippen molar-refractivity contribution in [2.75, 3.05) is 20.3 Å². The van der Waals surface area contributed by atoms with Crippen LogP contribution in [0.5, 0.6) is 0 Å². The van der Waals surface area contributed by atoms with Gasteiger partial charge in [-0.05, 0) is 11.3 Å². The summed E-state index contributed by atoms with van der Waals surface area (Å²) in [6.45, 7) is 8.35. The minimum absolute atomic E-state index is 0.151. The van der Waals surface area contributed by atoms with Crippen molar-refractivity contribution in [2.24, 2.45) is 0 Å². The molecule has 0 heterocycles. The summed E-state index contributed by atoms with van der Waals surface area (Å²) in [5.41, 5.74) is 0. The molecule has 0 aromatic heterocycles. The molecule has 0 fully saturated rings. The molecule has 20 heavy (non-hydrogen) atoms. The van der Waals surface area contributed by atoms with E-state index in [9.17, 15) is 9.59 Å². The molecular weight excluding hydrogens is 276 g/mol. The third kappa shape index (κ3) is 5.77. The SMILES string of the molecule is CC[Si](CC)(CC)/C(=C\COC(=O)OC)COC(C)=O. The Labute approximate surface area is 122 Å². The van der Waals surface area contributed by atoms with Gasteiger partial charge in [0.05, 0.1) is 15.2 Å². The zero-order chi connectivity index (χ0) is 15.6. The Hall–Kier alpha value is -1.30. The molecule has 0 saturated heterocycles. The summed E-state index contributed by atoms with van der Waals surface area (Å²) in [5, 5.41) is 1.13. The average molecular weight is 302 g/mol. The maximum absolute atomic E-state index is 11.0. The fourth-order valence-corrected chi connectivity index (χ4v) is 6.07. The Morgan fingerprint density at radius 1 is 1.05 bits per heavy atom. The largest absolute Gasteiger partial charge is 0.508 e. The minimum atomic E-state index is -1.64. The van der Waals surface area contributed by atoms with E-state index in [1.54, 1.807) is 0 Å². The molecular formula is C14H26O5Si. The van der Waals surface area contributed by atoms with Gasteiger partial charge in [0.2, 0.25) is 0 Å². The van der Waals surface area contributed by atoms with Crippen LogP contribution in [0.15, 0.2) is 11.3 Å². The Morgan fingerprint density at radius 2 is 1.60 bits per heavy atom. The van der Waals surface area contributed by atoms with E-state index in [2.05, 4.69) is 25.5 Å². The summed E-state index contributed by atoms with van der Waals surface area (Å²) in [7, 11) is -0.371. The fraction of sp³-hybridized carbons (Fsp3) is 0.714. The third-order valence-corrected chi connectivity index (χ3v) is 9.61. The van der Waals surface area contributed by atoms with Crippen molar-refractivity contribution in [3.05, 3.63) is 11.3 Å². The van der Waals surface area contributed by atoms with Crippen LogP contribution in [0.3, 0.4) is 0 Å². The first-order valence-corrected chi connectivity index (χ1v) is 9.61. The highest BCUT2D eigenvalue weighted by atomic mass is 28.3. The molecule has 5 nitrogen and oxygen atoms in total. The summed E-state index contributed by atoms with van der Waals surface area (Å²) < 4.78 is 14.5. The van der Waals surface area contributed by atoms with Crippen molar-refractivity contribution in [2.45, 2.75) is 45.8 Å². The molecule has 0 aliphatic carbocycles. The van der Waals surface area contributed by atoms with E-state index < -0.39 is 14.2 Å². The van der Waals surface area contributed by atoms with Crippen LogP contribution in [-0.2, 0) is 19.0 Å². The van der Waals surface area contributed by atoms with Gasteiger partial charge in [-0.3, -0.25) is 4.79 Å². The molecule has 0 saturated carbocycles.